The second kappa shape index (κ2) is 5.99. The Bertz CT molecular complexity index is 599. The Kier molecular flexibility index (Phi) is 4.10. The predicted octanol–water partition coefficient (Wildman–Crippen LogP) is 2.99. The van der Waals surface area contributed by atoms with Crippen LogP contribution in [0.4, 0.5) is 4.39 Å². The molecule has 1 N–H and O–H groups in total. The van der Waals surface area contributed by atoms with E-state index in [0.717, 1.165) is 29.1 Å². The lowest BCUT2D eigenvalue weighted by Gasteiger charge is -2.23. The first-order valence-corrected chi connectivity index (χ1v) is 7.56. The van der Waals surface area contributed by atoms with Crippen molar-refractivity contribution >= 4 is 11.3 Å². The van der Waals surface area contributed by atoms with Gasteiger partial charge in [-0.1, -0.05) is 6.07 Å². The van der Waals surface area contributed by atoms with Crippen molar-refractivity contribution in [3.05, 3.63) is 51.2 Å². The van der Waals surface area contributed by atoms with Crippen LogP contribution >= 0.6 is 11.3 Å². The first-order valence-electron chi connectivity index (χ1n) is 6.75. The van der Waals surface area contributed by atoms with Gasteiger partial charge in [0, 0.05) is 36.3 Å². The average Bonchev–Trinajstić information content (AvgIpc) is 2.82. The Hall–Kier alpha value is -1.30. The molecule has 3 rings (SSSR count). The molecule has 0 fully saturated rings. The van der Waals surface area contributed by atoms with Crippen LogP contribution in [0.1, 0.15) is 27.8 Å². The minimum Gasteiger partial charge on any atom is -0.372 e. The summed E-state index contributed by atoms with van der Waals surface area (Å²) in [7, 11) is 0. The van der Waals surface area contributed by atoms with Crippen molar-refractivity contribution in [2.75, 3.05) is 13.2 Å². The molecule has 0 aliphatic carbocycles. The van der Waals surface area contributed by atoms with Gasteiger partial charge in [0.2, 0.25) is 0 Å². The van der Waals surface area contributed by atoms with Crippen LogP contribution < -0.4 is 5.32 Å². The summed E-state index contributed by atoms with van der Waals surface area (Å²) in [5.41, 5.74) is 3.22. The normalized spacial score (nSPS) is 18.0. The molecule has 0 amide bonds. The molecular weight excluding hydrogens is 275 g/mol. The smallest absolute Gasteiger partial charge is 0.177 e. The second-order valence-corrected chi connectivity index (χ2v) is 6.00. The zero-order valence-corrected chi connectivity index (χ0v) is 12.2. The summed E-state index contributed by atoms with van der Waals surface area (Å²) in [5, 5.41) is 3.26. The van der Waals surface area contributed by atoms with Crippen LogP contribution in [0.15, 0.2) is 24.4 Å². The Morgan fingerprint density at radius 2 is 2.45 bits per heavy atom. The number of halogens is 1. The monoisotopic (exact) mass is 292 g/mol. The van der Waals surface area contributed by atoms with E-state index in [1.165, 1.54) is 16.9 Å². The van der Waals surface area contributed by atoms with E-state index in [2.05, 4.69) is 16.4 Å². The lowest BCUT2D eigenvalue weighted by atomic mass is 10.1. The molecular formula is C15H17FN2OS. The van der Waals surface area contributed by atoms with E-state index in [4.69, 9.17) is 4.74 Å². The molecule has 106 valence electrons. The number of pyridine rings is 1. The van der Waals surface area contributed by atoms with E-state index in [9.17, 15) is 4.39 Å². The van der Waals surface area contributed by atoms with Crippen LogP contribution in [0.3, 0.4) is 0 Å². The van der Waals surface area contributed by atoms with Gasteiger partial charge in [-0.25, -0.2) is 0 Å². The van der Waals surface area contributed by atoms with Crippen LogP contribution in [0, 0.1) is 12.1 Å². The van der Waals surface area contributed by atoms with Crippen molar-refractivity contribution in [3.63, 3.8) is 0 Å². The standard InChI is InChI=1S/C15H17FN2OS/c1-10-11(3-2-5-18-10)8-17-9-13-12-7-15(16)20-14(12)4-6-19-13/h2-3,5,7,13,17H,4,6,8-9H2,1H3. The third kappa shape index (κ3) is 2.90. The van der Waals surface area contributed by atoms with E-state index >= 15 is 0 Å². The molecule has 2 aromatic heterocycles. The minimum atomic E-state index is -0.117. The summed E-state index contributed by atoms with van der Waals surface area (Å²) < 4.78 is 19.1. The van der Waals surface area contributed by atoms with Crippen molar-refractivity contribution in [2.45, 2.75) is 26.0 Å². The van der Waals surface area contributed by atoms with Gasteiger partial charge < -0.3 is 10.1 Å². The first-order chi connectivity index (χ1) is 9.74. The fourth-order valence-corrected chi connectivity index (χ4v) is 3.39. The highest BCUT2D eigenvalue weighted by Gasteiger charge is 2.23. The molecule has 2 aromatic rings. The quantitative estimate of drug-likeness (QED) is 0.940. The van der Waals surface area contributed by atoms with Gasteiger partial charge in [-0.3, -0.25) is 4.98 Å². The number of nitrogens with one attached hydrogen (secondary N) is 1. The molecule has 1 unspecified atom stereocenters. The molecule has 3 nitrogen and oxygen atoms in total. The van der Waals surface area contributed by atoms with E-state index in [-0.39, 0.29) is 11.2 Å². The number of nitrogens with zero attached hydrogens (tertiary/aromatic N) is 1. The number of aryl methyl sites for hydroxylation is 1. The minimum absolute atomic E-state index is 0.0449. The molecule has 1 aliphatic rings. The molecule has 0 aromatic carbocycles. The summed E-state index contributed by atoms with van der Waals surface area (Å²) >= 11 is 1.24. The van der Waals surface area contributed by atoms with Crippen LogP contribution in [0.25, 0.3) is 0 Å². The van der Waals surface area contributed by atoms with Crippen LogP contribution in [-0.2, 0) is 17.7 Å². The third-order valence-electron chi connectivity index (χ3n) is 3.57. The zero-order chi connectivity index (χ0) is 13.9. The maximum Gasteiger partial charge on any atom is 0.177 e. The van der Waals surface area contributed by atoms with Crippen LogP contribution in [0.2, 0.25) is 0 Å². The fraction of sp³-hybridized carbons (Fsp3) is 0.400. The van der Waals surface area contributed by atoms with Gasteiger partial charge in [0.05, 0.1) is 12.7 Å². The summed E-state index contributed by atoms with van der Waals surface area (Å²) in [4.78, 5) is 5.39. The highest BCUT2D eigenvalue weighted by atomic mass is 32.1. The van der Waals surface area contributed by atoms with Gasteiger partial charge >= 0.3 is 0 Å². The Morgan fingerprint density at radius 1 is 1.55 bits per heavy atom. The molecule has 1 atom stereocenters. The number of rotatable bonds is 4. The molecule has 0 radical (unpaired) electrons. The van der Waals surface area contributed by atoms with Crippen LogP contribution in [0.5, 0.6) is 0 Å². The molecule has 0 spiro atoms. The van der Waals surface area contributed by atoms with E-state index in [1.54, 1.807) is 12.3 Å². The average molecular weight is 292 g/mol. The highest BCUT2D eigenvalue weighted by Crippen LogP contribution is 2.32. The number of thiophene rings is 1. The fourth-order valence-electron chi connectivity index (χ4n) is 2.47. The Balaban J connectivity index is 1.61. The van der Waals surface area contributed by atoms with Crippen molar-refractivity contribution in [3.8, 4) is 0 Å². The SMILES string of the molecule is Cc1ncccc1CNCC1OCCc2sc(F)cc21. The zero-order valence-electron chi connectivity index (χ0n) is 11.4. The summed E-state index contributed by atoms with van der Waals surface area (Å²) in [6.07, 6.45) is 2.57. The van der Waals surface area contributed by atoms with Gasteiger partial charge in [-0.15, -0.1) is 11.3 Å². The topological polar surface area (TPSA) is 34.2 Å². The number of hydrogen-bond acceptors (Lipinski definition) is 4. The van der Waals surface area contributed by atoms with E-state index < -0.39 is 0 Å². The third-order valence-corrected chi connectivity index (χ3v) is 4.57. The number of aromatic nitrogens is 1. The molecule has 3 heterocycles. The number of ether oxygens (including phenoxy) is 1. The predicted molar refractivity (Wildman–Crippen MR) is 77.4 cm³/mol. The second-order valence-electron chi connectivity index (χ2n) is 4.92. The summed E-state index contributed by atoms with van der Waals surface area (Å²) in [5.74, 6) is 0. The van der Waals surface area contributed by atoms with Crippen molar-refractivity contribution < 1.29 is 9.13 Å². The largest absolute Gasteiger partial charge is 0.372 e. The molecule has 5 heteroatoms. The first kappa shape index (κ1) is 13.7. The Labute approximate surface area is 121 Å². The molecule has 0 saturated heterocycles. The highest BCUT2D eigenvalue weighted by molar-refractivity contribution is 7.10. The lowest BCUT2D eigenvalue weighted by Crippen LogP contribution is -2.26. The summed E-state index contributed by atoms with van der Waals surface area (Å²) in [6, 6.07) is 5.61. The van der Waals surface area contributed by atoms with Crippen molar-refractivity contribution in [1.29, 1.82) is 0 Å². The van der Waals surface area contributed by atoms with E-state index in [0.29, 0.717) is 13.2 Å². The van der Waals surface area contributed by atoms with Gasteiger partial charge in [0.15, 0.2) is 5.13 Å². The maximum atomic E-state index is 13.3. The lowest BCUT2D eigenvalue weighted by molar-refractivity contribution is 0.0435. The van der Waals surface area contributed by atoms with Gasteiger partial charge in [-0.2, -0.15) is 4.39 Å². The van der Waals surface area contributed by atoms with Gasteiger partial charge in [-0.05, 0) is 30.2 Å². The summed E-state index contributed by atoms with van der Waals surface area (Å²) in [6.45, 7) is 4.12. The maximum absolute atomic E-state index is 13.3. The molecule has 0 bridgehead atoms. The van der Waals surface area contributed by atoms with Gasteiger partial charge in [0.1, 0.15) is 0 Å². The molecule has 20 heavy (non-hydrogen) atoms. The van der Waals surface area contributed by atoms with E-state index in [1.807, 2.05) is 13.0 Å². The molecule has 1 aliphatic heterocycles. The van der Waals surface area contributed by atoms with Crippen molar-refractivity contribution in [1.82, 2.24) is 10.3 Å². The number of fused-ring (bicyclic) bond motifs is 1. The Morgan fingerprint density at radius 3 is 3.30 bits per heavy atom. The number of hydrogen-bond donors (Lipinski definition) is 1. The van der Waals surface area contributed by atoms with Crippen LogP contribution in [-0.4, -0.2) is 18.1 Å². The van der Waals surface area contributed by atoms with Crippen molar-refractivity contribution in [2.24, 2.45) is 0 Å². The van der Waals surface area contributed by atoms with Gasteiger partial charge in [0.25, 0.3) is 0 Å². The molecule has 0 saturated carbocycles.